The highest BCUT2D eigenvalue weighted by molar-refractivity contribution is 5.21. The van der Waals surface area contributed by atoms with Gasteiger partial charge in [0.2, 0.25) is 0 Å². The van der Waals surface area contributed by atoms with E-state index in [4.69, 9.17) is 5.26 Å². The maximum Gasteiger partial charge on any atom is 0.0994 e. The van der Waals surface area contributed by atoms with Crippen LogP contribution in [0.15, 0.2) is 30.3 Å². The molecule has 1 aromatic carbocycles. The third-order valence-electron chi connectivity index (χ3n) is 3.15. The average Bonchev–Trinajstić information content (AvgIpc) is 2.35. The minimum atomic E-state index is -0.888. The van der Waals surface area contributed by atoms with Gasteiger partial charge in [0, 0.05) is 25.6 Å². The molecule has 1 atom stereocenters. The molecular weight excluding hydrogens is 224 g/mol. The highest BCUT2D eigenvalue weighted by Gasteiger charge is 2.26. The van der Waals surface area contributed by atoms with E-state index in [0.717, 1.165) is 5.56 Å². The van der Waals surface area contributed by atoms with Crippen molar-refractivity contribution in [3.8, 4) is 6.07 Å². The van der Waals surface area contributed by atoms with E-state index in [1.54, 1.807) is 0 Å². The van der Waals surface area contributed by atoms with Gasteiger partial charge in [-0.1, -0.05) is 30.3 Å². The van der Waals surface area contributed by atoms with E-state index in [1.807, 2.05) is 37.3 Å². The van der Waals surface area contributed by atoms with E-state index < -0.39 is 5.60 Å². The zero-order chi connectivity index (χ0) is 13.6. The molecule has 18 heavy (non-hydrogen) atoms. The van der Waals surface area contributed by atoms with Crippen molar-refractivity contribution >= 4 is 0 Å². The van der Waals surface area contributed by atoms with Crippen molar-refractivity contribution in [2.24, 2.45) is 0 Å². The van der Waals surface area contributed by atoms with Crippen molar-refractivity contribution in [1.82, 2.24) is 4.90 Å². The van der Waals surface area contributed by atoms with Crippen LogP contribution in [0.1, 0.15) is 32.8 Å². The molecule has 1 aromatic rings. The van der Waals surface area contributed by atoms with Crippen LogP contribution in [0.25, 0.3) is 0 Å². The van der Waals surface area contributed by atoms with Gasteiger partial charge >= 0.3 is 0 Å². The number of nitrogens with zero attached hydrogens (tertiary/aromatic N) is 2. The van der Waals surface area contributed by atoms with Crippen molar-refractivity contribution < 1.29 is 5.11 Å². The average molecular weight is 246 g/mol. The summed E-state index contributed by atoms with van der Waals surface area (Å²) < 4.78 is 0. The summed E-state index contributed by atoms with van der Waals surface area (Å²) in [6.07, 6.45) is 0.489. The second-order valence-electron chi connectivity index (χ2n) is 5.11. The van der Waals surface area contributed by atoms with Gasteiger partial charge in [-0.15, -0.1) is 0 Å². The third-order valence-corrected chi connectivity index (χ3v) is 3.15. The first-order valence-corrected chi connectivity index (χ1v) is 6.36. The Balaban J connectivity index is 2.76. The fraction of sp³-hybridized carbons (Fsp3) is 0.533. The number of benzene rings is 1. The summed E-state index contributed by atoms with van der Waals surface area (Å²) in [5, 5.41) is 19.3. The number of hydrogen-bond acceptors (Lipinski definition) is 3. The van der Waals surface area contributed by atoms with E-state index in [1.165, 1.54) is 0 Å². The van der Waals surface area contributed by atoms with Gasteiger partial charge < -0.3 is 5.11 Å². The first-order chi connectivity index (χ1) is 8.47. The Morgan fingerprint density at radius 1 is 1.33 bits per heavy atom. The second kappa shape index (κ2) is 6.53. The predicted molar refractivity (Wildman–Crippen MR) is 73.0 cm³/mol. The van der Waals surface area contributed by atoms with Crippen LogP contribution in [0.2, 0.25) is 0 Å². The monoisotopic (exact) mass is 246 g/mol. The van der Waals surface area contributed by atoms with Gasteiger partial charge in [-0.25, -0.2) is 0 Å². The van der Waals surface area contributed by atoms with Crippen LogP contribution in [0.5, 0.6) is 0 Å². The summed E-state index contributed by atoms with van der Waals surface area (Å²) in [5.74, 6) is 0. The highest BCUT2D eigenvalue weighted by atomic mass is 16.3. The number of hydrogen-bond donors (Lipinski definition) is 1. The van der Waals surface area contributed by atoms with Crippen LogP contribution in [-0.2, 0) is 5.60 Å². The lowest BCUT2D eigenvalue weighted by molar-refractivity contribution is 0.00705. The third kappa shape index (κ3) is 4.14. The summed E-state index contributed by atoms with van der Waals surface area (Å²) in [4.78, 5) is 2.14. The second-order valence-corrected chi connectivity index (χ2v) is 5.11. The molecule has 0 aliphatic carbocycles. The SMILES string of the molecule is CC(C)N(CCC#N)CC(C)(O)c1ccccc1. The molecule has 0 bridgehead atoms. The molecule has 1 unspecified atom stereocenters. The minimum Gasteiger partial charge on any atom is -0.384 e. The molecule has 3 heteroatoms. The van der Waals surface area contributed by atoms with Gasteiger partial charge in [-0.05, 0) is 26.3 Å². The summed E-state index contributed by atoms with van der Waals surface area (Å²) >= 11 is 0. The van der Waals surface area contributed by atoms with Crippen molar-refractivity contribution in [3.63, 3.8) is 0 Å². The Morgan fingerprint density at radius 2 is 1.94 bits per heavy atom. The summed E-state index contributed by atoms with van der Waals surface area (Å²) in [5.41, 5.74) is 0.0219. The van der Waals surface area contributed by atoms with E-state index in [9.17, 15) is 5.11 Å². The topological polar surface area (TPSA) is 47.3 Å². The first kappa shape index (κ1) is 14.7. The highest BCUT2D eigenvalue weighted by Crippen LogP contribution is 2.22. The first-order valence-electron chi connectivity index (χ1n) is 6.36. The molecule has 0 aliphatic heterocycles. The summed E-state index contributed by atoms with van der Waals surface area (Å²) in [7, 11) is 0. The standard InChI is InChI=1S/C15H22N2O/c1-13(2)17(11-7-10-16)12-15(3,18)14-8-5-4-6-9-14/h4-6,8-9,13,18H,7,11-12H2,1-3H3. The fourth-order valence-corrected chi connectivity index (χ4v) is 2.00. The fourth-order valence-electron chi connectivity index (χ4n) is 2.00. The van der Waals surface area contributed by atoms with Crippen LogP contribution in [0.3, 0.4) is 0 Å². The van der Waals surface area contributed by atoms with Gasteiger partial charge in [0.25, 0.3) is 0 Å². The molecule has 0 heterocycles. The Kier molecular flexibility index (Phi) is 5.33. The number of nitriles is 1. The van der Waals surface area contributed by atoms with Crippen LogP contribution < -0.4 is 0 Å². The smallest absolute Gasteiger partial charge is 0.0994 e. The quantitative estimate of drug-likeness (QED) is 0.839. The molecule has 0 aromatic heterocycles. The number of aliphatic hydroxyl groups is 1. The van der Waals surface area contributed by atoms with E-state index in [0.29, 0.717) is 25.6 Å². The summed E-state index contributed by atoms with van der Waals surface area (Å²) in [6, 6.07) is 12.1. The van der Waals surface area contributed by atoms with E-state index in [-0.39, 0.29) is 0 Å². The minimum absolute atomic E-state index is 0.313. The Labute approximate surface area is 110 Å². The van der Waals surface area contributed by atoms with Crippen LogP contribution >= 0.6 is 0 Å². The zero-order valence-electron chi connectivity index (χ0n) is 11.4. The predicted octanol–water partition coefficient (Wildman–Crippen LogP) is 2.52. The molecule has 0 spiro atoms. The Morgan fingerprint density at radius 3 is 2.44 bits per heavy atom. The summed E-state index contributed by atoms with van der Waals surface area (Å²) in [6.45, 7) is 7.22. The van der Waals surface area contributed by atoms with Gasteiger partial charge in [-0.3, -0.25) is 4.90 Å². The Hall–Kier alpha value is -1.37. The lowest BCUT2D eigenvalue weighted by atomic mass is 9.95. The number of rotatable bonds is 6. The normalized spacial score (nSPS) is 14.5. The molecule has 0 fully saturated rings. The maximum atomic E-state index is 10.6. The molecule has 0 aliphatic rings. The molecule has 0 saturated heterocycles. The van der Waals surface area contributed by atoms with Gasteiger partial charge in [0.1, 0.15) is 0 Å². The molecule has 0 amide bonds. The Bertz CT molecular complexity index is 393. The van der Waals surface area contributed by atoms with E-state index in [2.05, 4.69) is 24.8 Å². The van der Waals surface area contributed by atoms with Crippen LogP contribution in [0, 0.1) is 11.3 Å². The van der Waals surface area contributed by atoms with Crippen molar-refractivity contribution in [1.29, 1.82) is 5.26 Å². The molecule has 0 saturated carbocycles. The molecular formula is C15H22N2O. The van der Waals surface area contributed by atoms with Gasteiger partial charge in [0.15, 0.2) is 0 Å². The van der Waals surface area contributed by atoms with E-state index >= 15 is 0 Å². The molecule has 1 N–H and O–H groups in total. The molecule has 0 radical (unpaired) electrons. The lowest BCUT2D eigenvalue weighted by Gasteiger charge is -2.34. The van der Waals surface area contributed by atoms with Crippen molar-refractivity contribution in [2.45, 2.75) is 38.8 Å². The van der Waals surface area contributed by atoms with Crippen LogP contribution in [0.4, 0.5) is 0 Å². The molecule has 98 valence electrons. The van der Waals surface area contributed by atoms with Gasteiger partial charge in [-0.2, -0.15) is 5.26 Å². The largest absolute Gasteiger partial charge is 0.384 e. The van der Waals surface area contributed by atoms with Crippen LogP contribution in [-0.4, -0.2) is 29.1 Å². The van der Waals surface area contributed by atoms with Crippen molar-refractivity contribution in [3.05, 3.63) is 35.9 Å². The molecule has 1 rings (SSSR count). The molecule has 3 nitrogen and oxygen atoms in total. The maximum absolute atomic E-state index is 10.6. The zero-order valence-corrected chi connectivity index (χ0v) is 11.4. The van der Waals surface area contributed by atoms with Gasteiger partial charge in [0.05, 0.1) is 11.7 Å². The van der Waals surface area contributed by atoms with Crippen molar-refractivity contribution in [2.75, 3.05) is 13.1 Å². The lowest BCUT2D eigenvalue weighted by Crippen LogP contribution is -2.42.